The van der Waals surface area contributed by atoms with Crippen molar-refractivity contribution >= 4 is 37.7 Å². The van der Waals surface area contributed by atoms with E-state index in [2.05, 4.69) is 26.9 Å². The van der Waals surface area contributed by atoms with E-state index < -0.39 is 10.0 Å². The first-order chi connectivity index (χ1) is 9.46. The SMILES string of the molecule is CSC1CCC(NS(=O)(=O)c2cc(CO)ccc2Br)C1. The summed E-state index contributed by atoms with van der Waals surface area (Å²) in [6.45, 7) is -0.173. The maximum absolute atomic E-state index is 12.4. The zero-order valence-electron chi connectivity index (χ0n) is 11.2. The summed E-state index contributed by atoms with van der Waals surface area (Å²) in [5, 5.41) is 9.67. The zero-order chi connectivity index (χ0) is 14.8. The fourth-order valence-electron chi connectivity index (χ4n) is 2.40. The monoisotopic (exact) mass is 379 g/mol. The Morgan fingerprint density at radius 2 is 2.20 bits per heavy atom. The van der Waals surface area contributed by atoms with Crippen LogP contribution in [0.5, 0.6) is 0 Å². The third-order valence-corrected chi connectivity index (χ3v) is 7.12. The molecule has 1 fully saturated rings. The van der Waals surface area contributed by atoms with E-state index in [0.717, 1.165) is 19.3 Å². The average molecular weight is 380 g/mol. The van der Waals surface area contributed by atoms with Crippen molar-refractivity contribution in [2.24, 2.45) is 0 Å². The van der Waals surface area contributed by atoms with E-state index in [1.807, 2.05) is 0 Å². The molecule has 0 saturated heterocycles. The standard InChI is InChI=1S/C13H18BrNO3S2/c1-19-11-4-3-10(7-11)15-20(17,18)13-6-9(8-16)2-5-12(13)14/h2,5-6,10-11,15-16H,3-4,7-8H2,1H3. The summed E-state index contributed by atoms with van der Waals surface area (Å²) in [6, 6.07) is 4.86. The maximum Gasteiger partial charge on any atom is 0.241 e. The molecule has 1 aromatic carbocycles. The van der Waals surface area contributed by atoms with E-state index >= 15 is 0 Å². The quantitative estimate of drug-likeness (QED) is 0.824. The van der Waals surface area contributed by atoms with Crippen LogP contribution in [0.3, 0.4) is 0 Å². The van der Waals surface area contributed by atoms with Crippen molar-refractivity contribution in [1.82, 2.24) is 4.72 Å². The summed E-state index contributed by atoms with van der Waals surface area (Å²) < 4.78 is 28.2. The van der Waals surface area contributed by atoms with Crippen LogP contribution in [-0.2, 0) is 16.6 Å². The van der Waals surface area contributed by atoms with Crippen LogP contribution in [0.15, 0.2) is 27.6 Å². The van der Waals surface area contributed by atoms with Gasteiger partial charge in [0.1, 0.15) is 0 Å². The van der Waals surface area contributed by atoms with Gasteiger partial charge in [-0.2, -0.15) is 11.8 Å². The predicted octanol–water partition coefficient (Wildman–Crippen LogP) is 2.50. The van der Waals surface area contributed by atoms with Crippen LogP contribution >= 0.6 is 27.7 Å². The molecule has 0 aliphatic heterocycles. The molecule has 0 radical (unpaired) electrons. The van der Waals surface area contributed by atoms with E-state index in [-0.39, 0.29) is 17.5 Å². The van der Waals surface area contributed by atoms with Gasteiger partial charge >= 0.3 is 0 Å². The summed E-state index contributed by atoms with van der Waals surface area (Å²) >= 11 is 5.06. The molecule has 0 aromatic heterocycles. The van der Waals surface area contributed by atoms with Gasteiger partial charge in [0.05, 0.1) is 11.5 Å². The largest absolute Gasteiger partial charge is 0.392 e. The molecule has 112 valence electrons. The van der Waals surface area contributed by atoms with Crippen molar-refractivity contribution in [2.75, 3.05) is 6.26 Å². The second kappa shape index (κ2) is 6.79. The van der Waals surface area contributed by atoms with Gasteiger partial charge in [-0.25, -0.2) is 13.1 Å². The number of halogens is 1. The number of aliphatic hydroxyl groups excluding tert-OH is 1. The van der Waals surface area contributed by atoms with Gasteiger partial charge < -0.3 is 5.11 Å². The first-order valence-electron chi connectivity index (χ1n) is 6.40. The molecular formula is C13H18BrNO3S2. The van der Waals surface area contributed by atoms with Crippen LogP contribution in [0.4, 0.5) is 0 Å². The van der Waals surface area contributed by atoms with Gasteiger partial charge in [-0.15, -0.1) is 0 Å². The van der Waals surface area contributed by atoms with E-state index in [1.165, 1.54) is 6.07 Å². The number of rotatable bonds is 5. The highest BCUT2D eigenvalue weighted by Crippen LogP contribution is 2.30. The molecular weight excluding hydrogens is 362 g/mol. The number of aliphatic hydroxyl groups is 1. The topological polar surface area (TPSA) is 66.4 Å². The van der Waals surface area contributed by atoms with Crippen molar-refractivity contribution in [2.45, 2.75) is 42.1 Å². The first kappa shape index (κ1) is 16.3. The number of sulfonamides is 1. The molecule has 0 amide bonds. The lowest BCUT2D eigenvalue weighted by atomic mass is 10.2. The van der Waals surface area contributed by atoms with Crippen LogP contribution in [0, 0.1) is 0 Å². The highest BCUT2D eigenvalue weighted by atomic mass is 79.9. The summed E-state index contributed by atoms with van der Waals surface area (Å²) in [7, 11) is -3.56. The molecule has 2 rings (SSSR count). The van der Waals surface area contributed by atoms with E-state index in [0.29, 0.717) is 15.3 Å². The lowest BCUT2D eigenvalue weighted by Crippen LogP contribution is -2.33. The Bertz CT molecular complexity index is 577. The first-order valence-corrected chi connectivity index (χ1v) is 9.97. The maximum atomic E-state index is 12.4. The van der Waals surface area contributed by atoms with Crippen LogP contribution in [0.25, 0.3) is 0 Å². The average Bonchev–Trinajstić information content (AvgIpc) is 2.86. The van der Waals surface area contributed by atoms with Crippen LogP contribution in [-0.4, -0.2) is 31.1 Å². The minimum Gasteiger partial charge on any atom is -0.392 e. The molecule has 7 heteroatoms. The Kier molecular flexibility index (Phi) is 5.53. The lowest BCUT2D eigenvalue weighted by Gasteiger charge is -2.15. The van der Waals surface area contributed by atoms with Gasteiger partial charge in [-0.1, -0.05) is 6.07 Å². The molecule has 0 spiro atoms. The molecule has 2 N–H and O–H groups in total. The normalized spacial score (nSPS) is 23.1. The van der Waals surface area contributed by atoms with Gasteiger partial charge in [0.25, 0.3) is 0 Å². The van der Waals surface area contributed by atoms with Crippen LogP contribution in [0.1, 0.15) is 24.8 Å². The molecule has 2 atom stereocenters. The number of hydrogen-bond acceptors (Lipinski definition) is 4. The molecule has 1 saturated carbocycles. The summed E-state index contributed by atoms with van der Waals surface area (Å²) in [6.07, 6.45) is 4.86. The number of thioether (sulfide) groups is 1. The van der Waals surface area contributed by atoms with Gasteiger partial charge in [-0.05, 0) is 59.1 Å². The predicted molar refractivity (Wildman–Crippen MR) is 85.3 cm³/mol. The third kappa shape index (κ3) is 3.76. The summed E-state index contributed by atoms with van der Waals surface area (Å²) in [5.41, 5.74) is 0.585. The molecule has 4 nitrogen and oxygen atoms in total. The summed E-state index contributed by atoms with van der Waals surface area (Å²) in [4.78, 5) is 0.191. The Morgan fingerprint density at radius 1 is 1.45 bits per heavy atom. The molecule has 2 unspecified atom stereocenters. The van der Waals surface area contributed by atoms with Crippen molar-refractivity contribution in [1.29, 1.82) is 0 Å². The van der Waals surface area contributed by atoms with Gasteiger partial charge in [0, 0.05) is 15.8 Å². The molecule has 20 heavy (non-hydrogen) atoms. The van der Waals surface area contributed by atoms with E-state index in [4.69, 9.17) is 5.11 Å². The number of hydrogen-bond donors (Lipinski definition) is 2. The molecule has 0 heterocycles. The van der Waals surface area contributed by atoms with Gasteiger partial charge in [0.15, 0.2) is 0 Å². The molecule has 1 aromatic rings. The molecule has 0 bridgehead atoms. The van der Waals surface area contributed by atoms with Crippen molar-refractivity contribution < 1.29 is 13.5 Å². The van der Waals surface area contributed by atoms with Gasteiger partial charge in [0.2, 0.25) is 10.0 Å². The highest BCUT2D eigenvalue weighted by molar-refractivity contribution is 9.10. The van der Waals surface area contributed by atoms with Crippen molar-refractivity contribution in [3.05, 3.63) is 28.2 Å². The van der Waals surface area contributed by atoms with Gasteiger partial charge in [-0.3, -0.25) is 0 Å². The second-order valence-electron chi connectivity index (χ2n) is 4.91. The minimum atomic E-state index is -3.56. The lowest BCUT2D eigenvalue weighted by molar-refractivity contribution is 0.281. The Balaban J connectivity index is 2.18. The number of benzene rings is 1. The Morgan fingerprint density at radius 3 is 2.80 bits per heavy atom. The second-order valence-corrected chi connectivity index (χ2v) is 8.59. The van der Waals surface area contributed by atoms with Crippen LogP contribution < -0.4 is 4.72 Å². The summed E-state index contributed by atoms with van der Waals surface area (Å²) in [5.74, 6) is 0. The highest BCUT2D eigenvalue weighted by Gasteiger charge is 2.29. The van der Waals surface area contributed by atoms with E-state index in [9.17, 15) is 8.42 Å². The zero-order valence-corrected chi connectivity index (χ0v) is 14.4. The van der Waals surface area contributed by atoms with Crippen LogP contribution in [0.2, 0.25) is 0 Å². The fourth-order valence-corrected chi connectivity index (χ4v) is 5.49. The van der Waals surface area contributed by atoms with Crippen molar-refractivity contribution in [3.8, 4) is 0 Å². The smallest absolute Gasteiger partial charge is 0.241 e. The molecule has 1 aliphatic rings. The fraction of sp³-hybridized carbons (Fsp3) is 0.538. The van der Waals surface area contributed by atoms with E-state index in [1.54, 1.807) is 23.9 Å². The minimum absolute atomic E-state index is 0.00197. The molecule has 1 aliphatic carbocycles. The third-order valence-electron chi connectivity index (χ3n) is 3.51. The Hall–Kier alpha value is -0.0800. The Labute approximate surface area is 132 Å². The number of nitrogens with one attached hydrogen (secondary N) is 1. The van der Waals surface area contributed by atoms with Crippen molar-refractivity contribution in [3.63, 3.8) is 0 Å².